The molecule has 5 unspecified atom stereocenters. The summed E-state index contributed by atoms with van der Waals surface area (Å²) < 4.78 is 5.85. The summed E-state index contributed by atoms with van der Waals surface area (Å²) in [5.41, 5.74) is 2.11. The Morgan fingerprint density at radius 1 is 1.11 bits per heavy atom. The number of benzene rings is 2. The summed E-state index contributed by atoms with van der Waals surface area (Å²) in [6, 6.07) is 15.2. The Morgan fingerprint density at radius 2 is 1.78 bits per heavy atom. The number of phenols is 1. The van der Waals surface area contributed by atoms with E-state index in [-0.39, 0.29) is 36.4 Å². The van der Waals surface area contributed by atoms with Gasteiger partial charge < -0.3 is 20.1 Å². The lowest BCUT2D eigenvalue weighted by molar-refractivity contribution is -0.258. The number of carbonyl (C=O) groups excluding carboxylic acids is 1. The van der Waals surface area contributed by atoms with E-state index in [1.54, 1.807) is 12.1 Å². The third-order valence-corrected chi connectivity index (χ3v) is 9.94. The number of Topliss-reactive ketones (excluding diaryl/α,β-unsaturated/α-hetero) is 1. The molecule has 0 amide bonds. The van der Waals surface area contributed by atoms with Crippen molar-refractivity contribution in [2.75, 3.05) is 13.7 Å². The molecule has 3 fully saturated rings. The first kappa shape index (κ1) is 25.2. The van der Waals surface area contributed by atoms with Crippen molar-refractivity contribution in [3.05, 3.63) is 66.2 Å². The number of phenolic OH excluding ortho intramolecular Hbond substituents is 1. The van der Waals surface area contributed by atoms with Crippen LogP contribution in [-0.4, -0.2) is 40.6 Å². The first-order valence-corrected chi connectivity index (χ1v) is 13.2. The quantitative estimate of drug-likeness (QED) is 0.346. The van der Waals surface area contributed by atoms with Gasteiger partial charge >= 0.3 is 0 Å². The van der Waals surface area contributed by atoms with E-state index in [0.29, 0.717) is 12.8 Å². The second-order valence-electron chi connectivity index (χ2n) is 11.3. The van der Waals surface area contributed by atoms with Crippen molar-refractivity contribution in [3.8, 4) is 16.9 Å². The summed E-state index contributed by atoms with van der Waals surface area (Å²) in [5, 5.41) is 32.1. The highest BCUT2D eigenvalue weighted by molar-refractivity contribution is 5.90. The van der Waals surface area contributed by atoms with Crippen LogP contribution in [0.3, 0.4) is 0 Å². The Labute approximate surface area is 213 Å². The largest absolute Gasteiger partial charge is 0.508 e. The molecule has 5 nitrogen and oxygen atoms in total. The van der Waals surface area contributed by atoms with Gasteiger partial charge in [-0.15, -0.1) is 0 Å². The highest BCUT2D eigenvalue weighted by Gasteiger charge is 2.81. The smallest absolute Gasteiger partial charge is 0.185 e. The maximum absolute atomic E-state index is 14.4. The minimum atomic E-state index is -1.66. The second-order valence-corrected chi connectivity index (χ2v) is 11.3. The van der Waals surface area contributed by atoms with Gasteiger partial charge in [-0.25, -0.2) is 0 Å². The molecule has 0 saturated heterocycles. The predicted molar refractivity (Wildman–Crippen MR) is 139 cm³/mol. The molecule has 3 aliphatic carbocycles. The molecule has 0 radical (unpaired) electrons. The molecule has 2 aromatic rings. The number of carbonyl (C=O) groups is 1. The average Bonchev–Trinajstić information content (AvgIpc) is 3.55. The summed E-state index contributed by atoms with van der Waals surface area (Å²) in [7, 11) is 1.49. The van der Waals surface area contributed by atoms with Crippen molar-refractivity contribution in [1.29, 1.82) is 0 Å². The monoisotopic (exact) mass is 490 g/mol. The van der Waals surface area contributed by atoms with Crippen molar-refractivity contribution in [1.82, 2.24) is 0 Å². The third kappa shape index (κ3) is 3.36. The molecule has 3 N–H and O–H groups in total. The van der Waals surface area contributed by atoms with Crippen molar-refractivity contribution in [2.24, 2.45) is 28.6 Å². The molecule has 36 heavy (non-hydrogen) atoms. The van der Waals surface area contributed by atoms with Gasteiger partial charge in [-0.3, -0.25) is 4.79 Å². The molecule has 3 saturated carbocycles. The van der Waals surface area contributed by atoms with E-state index in [1.807, 2.05) is 30.3 Å². The molecule has 192 valence electrons. The topological polar surface area (TPSA) is 87.0 Å². The van der Waals surface area contributed by atoms with Gasteiger partial charge in [-0.05, 0) is 66.3 Å². The highest BCUT2D eigenvalue weighted by Crippen LogP contribution is 2.77. The molecular weight excluding hydrogens is 452 g/mol. The SMILES string of the molecule is C=C1C2C(CO)CC(C(=O)CCc3cccc(-c4cccc(O)c4)c3)(C2(O)OC)C1(C)C1CCCC1. The van der Waals surface area contributed by atoms with E-state index in [9.17, 15) is 20.1 Å². The number of aromatic hydroxyl groups is 1. The minimum absolute atomic E-state index is 0.00334. The summed E-state index contributed by atoms with van der Waals surface area (Å²) in [6.45, 7) is 6.48. The van der Waals surface area contributed by atoms with Gasteiger partial charge in [0, 0.05) is 31.5 Å². The number of ether oxygens (including phenoxy) is 1. The molecule has 2 aromatic carbocycles. The van der Waals surface area contributed by atoms with Gasteiger partial charge in [-0.2, -0.15) is 0 Å². The van der Waals surface area contributed by atoms with Crippen molar-refractivity contribution in [3.63, 3.8) is 0 Å². The third-order valence-electron chi connectivity index (χ3n) is 9.94. The Kier molecular flexibility index (Phi) is 6.39. The van der Waals surface area contributed by atoms with Crippen LogP contribution in [0.4, 0.5) is 0 Å². The molecule has 5 heteroatoms. The Balaban J connectivity index is 1.48. The van der Waals surface area contributed by atoms with Gasteiger partial charge in [-0.1, -0.05) is 68.3 Å². The Morgan fingerprint density at radius 3 is 2.42 bits per heavy atom. The summed E-state index contributed by atoms with van der Waals surface area (Å²) in [4.78, 5) is 14.4. The van der Waals surface area contributed by atoms with E-state index >= 15 is 0 Å². The van der Waals surface area contributed by atoms with Crippen LogP contribution in [0.15, 0.2) is 60.7 Å². The first-order chi connectivity index (χ1) is 17.2. The zero-order valence-electron chi connectivity index (χ0n) is 21.4. The predicted octanol–water partition coefficient (Wildman–Crippen LogP) is 5.28. The zero-order valence-corrected chi connectivity index (χ0v) is 21.4. The Bertz CT molecular complexity index is 1170. The summed E-state index contributed by atoms with van der Waals surface area (Å²) in [6.07, 6.45) is 5.52. The molecule has 5 rings (SSSR count). The van der Waals surface area contributed by atoms with E-state index < -0.39 is 22.5 Å². The molecule has 2 bridgehead atoms. The van der Waals surface area contributed by atoms with E-state index in [4.69, 9.17) is 4.74 Å². The van der Waals surface area contributed by atoms with E-state index in [0.717, 1.165) is 47.9 Å². The van der Waals surface area contributed by atoms with Crippen LogP contribution in [0.1, 0.15) is 51.0 Å². The molecule has 0 heterocycles. The van der Waals surface area contributed by atoms with Crippen LogP contribution in [0.25, 0.3) is 11.1 Å². The number of hydrogen-bond acceptors (Lipinski definition) is 5. The second kappa shape index (κ2) is 9.13. The maximum atomic E-state index is 14.4. The lowest BCUT2D eigenvalue weighted by Gasteiger charge is -2.51. The lowest BCUT2D eigenvalue weighted by Crippen LogP contribution is -2.57. The van der Waals surface area contributed by atoms with Crippen molar-refractivity contribution in [2.45, 2.75) is 57.7 Å². The van der Waals surface area contributed by atoms with Crippen LogP contribution in [0.5, 0.6) is 5.75 Å². The number of aliphatic hydroxyl groups excluding tert-OH is 1. The number of ketones is 1. The fourth-order valence-corrected chi connectivity index (χ4v) is 8.20. The molecule has 0 spiro atoms. The molecule has 3 aliphatic rings. The Hall–Kier alpha value is -2.47. The molecule has 5 atom stereocenters. The minimum Gasteiger partial charge on any atom is -0.508 e. The van der Waals surface area contributed by atoms with Gasteiger partial charge in [0.25, 0.3) is 0 Å². The van der Waals surface area contributed by atoms with Crippen LogP contribution >= 0.6 is 0 Å². The number of hydrogen-bond donors (Lipinski definition) is 3. The standard InChI is InChI=1S/C31H38O5/c1-20-28-24(19-32)18-30(31(28,35)36-3,29(20,2)25-11-4-5-12-25)27(34)15-14-21-8-6-9-22(16-21)23-10-7-13-26(33)17-23/h6-10,13,16-17,24-25,28,32-33,35H,1,4-5,11-12,14-15,18-19H2,2-3H3. The fraction of sp³-hybridized carbons (Fsp3) is 0.516. The van der Waals surface area contributed by atoms with Crippen LogP contribution in [0, 0.1) is 28.6 Å². The number of fused-ring (bicyclic) bond motifs is 2. The van der Waals surface area contributed by atoms with Crippen LogP contribution in [-0.2, 0) is 16.0 Å². The van der Waals surface area contributed by atoms with Crippen LogP contribution in [0.2, 0.25) is 0 Å². The van der Waals surface area contributed by atoms with Gasteiger partial charge in [0.1, 0.15) is 11.5 Å². The zero-order chi connectivity index (χ0) is 25.7. The summed E-state index contributed by atoms with van der Waals surface area (Å²) in [5.74, 6) is -1.85. The normalized spacial score (nSPS) is 33.9. The maximum Gasteiger partial charge on any atom is 0.185 e. The fourth-order valence-electron chi connectivity index (χ4n) is 8.20. The number of aryl methyl sites for hydroxylation is 1. The first-order valence-electron chi connectivity index (χ1n) is 13.2. The number of rotatable bonds is 8. The molecular formula is C31H38O5. The van der Waals surface area contributed by atoms with E-state index in [1.165, 1.54) is 7.11 Å². The summed E-state index contributed by atoms with van der Waals surface area (Å²) >= 11 is 0. The van der Waals surface area contributed by atoms with Gasteiger partial charge in [0.15, 0.2) is 5.79 Å². The number of aliphatic hydroxyl groups is 2. The lowest BCUT2D eigenvalue weighted by atomic mass is 9.52. The van der Waals surface area contributed by atoms with Crippen molar-refractivity contribution < 1.29 is 24.9 Å². The molecule has 0 aromatic heterocycles. The van der Waals surface area contributed by atoms with Crippen molar-refractivity contribution >= 4 is 5.78 Å². The highest BCUT2D eigenvalue weighted by atomic mass is 16.6. The van der Waals surface area contributed by atoms with Gasteiger partial charge in [0.2, 0.25) is 0 Å². The molecule has 0 aliphatic heterocycles. The number of methoxy groups -OCH3 is 1. The average molecular weight is 491 g/mol. The van der Waals surface area contributed by atoms with Gasteiger partial charge in [0.05, 0.1) is 5.41 Å². The van der Waals surface area contributed by atoms with E-state index in [2.05, 4.69) is 19.6 Å². The van der Waals surface area contributed by atoms with Crippen LogP contribution < -0.4 is 0 Å².